The molecule has 132 valence electrons. The molecule has 1 aliphatic rings. The second-order valence-corrected chi connectivity index (χ2v) is 5.28. The molecule has 24 heavy (non-hydrogen) atoms. The minimum atomic E-state index is -1.49. The molecule has 10 heteroatoms. The van der Waals surface area contributed by atoms with Crippen molar-refractivity contribution in [2.75, 3.05) is 6.61 Å². The Balaban J connectivity index is 2.30. The number of benzene rings is 1. The molecular formula is C14H18N2O8. The number of hydrogen-bond donors (Lipinski definition) is 4. The van der Waals surface area contributed by atoms with Gasteiger partial charge in [0.15, 0.2) is 5.75 Å². The number of nitro benzene ring substituents is 1. The zero-order valence-electron chi connectivity index (χ0n) is 12.7. The van der Waals surface area contributed by atoms with Crippen molar-refractivity contribution in [1.29, 1.82) is 0 Å². The van der Waals surface area contributed by atoms with Crippen molar-refractivity contribution < 1.29 is 34.5 Å². The highest BCUT2D eigenvalue weighted by Crippen LogP contribution is 2.30. The number of aliphatic hydroxyl groups is 3. The molecule has 4 N–H and O–H groups in total. The highest BCUT2D eigenvalue weighted by atomic mass is 16.7. The first kappa shape index (κ1) is 18.1. The van der Waals surface area contributed by atoms with Gasteiger partial charge in [-0.1, -0.05) is 12.1 Å². The van der Waals surface area contributed by atoms with Gasteiger partial charge < -0.3 is 30.1 Å². The zero-order chi connectivity index (χ0) is 17.9. The molecule has 1 fully saturated rings. The lowest BCUT2D eigenvalue weighted by Gasteiger charge is -2.41. The molecule has 0 bridgehead atoms. The minimum absolute atomic E-state index is 0.136. The van der Waals surface area contributed by atoms with Gasteiger partial charge >= 0.3 is 5.69 Å². The van der Waals surface area contributed by atoms with E-state index in [4.69, 9.17) is 9.47 Å². The number of carbonyl (C=O) groups is 1. The van der Waals surface area contributed by atoms with Crippen molar-refractivity contribution in [2.24, 2.45) is 0 Å². The first-order chi connectivity index (χ1) is 11.3. The quantitative estimate of drug-likeness (QED) is 0.389. The molecule has 0 aliphatic carbocycles. The molecule has 2 rings (SSSR count). The van der Waals surface area contributed by atoms with Gasteiger partial charge in [0, 0.05) is 13.0 Å². The standard InChI is InChI=1S/C14H18N2O8/c1-7(18)15-11-13(20)12(19)10(6-17)24-14(11)23-9-5-3-2-4-8(9)16(21)22/h2-5,10-14,17,19-20H,6H2,1H3,(H,15,18)/t10-,11+,12-,13+,14-/m1/s1. The van der Waals surface area contributed by atoms with Crippen LogP contribution in [0.25, 0.3) is 0 Å². The molecule has 1 heterocycles. The molecule has 5 atom stereocenters. The number of nitrogens with zero attached hydrogens (tertiary/aromatic N) is 1. The van der Waals surface area contributed by atoms with Gasteiger partial charge in [-0.2, -0.15) is 0 Å². The number of amides is 1. The molecule has 1 aromatic carbocycles. The molecule has 0 spiro atoms. The van der Waals surface area contributed by atoms with E-state index in [1.165, 1.54) is 31.2 Å². The smallest absolute Gasteiger partial charge is 0.311 e. The fourth-order valence-electron chi connectivity index (χ4n) is 2.40. The van der Waals surface area contributed by atoms with Crippen LogP contribution in [0.2, 0.25) is 0 Å². The van der Waals surface area contributed by atoms with Crippen molar-refractivity contribution in [1.82, 2.24) is 5.32 Å². The predicted octanol–water partition coefficient (Wildman–Crippen LogP) is -1.08. The maximum atomic E-state index is 11.3. The summed E-state index contributed by atoms with van der Waals surface area (Å²) in [6.45, 7) is 0.584. The van der Waals surface area contributed by atoms with Crippen LogP contribution in [0.15, 0.2) is 24.3 Å². The summed E-state index contributed by atoms with van der Waals surface area (Å²) in [5.41, 5.74) is -0.330. The van der Waals surface area contributed by atoms with E-state index in [9.17, 15) is 30.2 Å². The topological polar surface area (TPSA) is 151 Å². The third kappa shape index (κ3) is 3.79. The summed E-state index contributed by atoms with van der Waals surface area (Å²) in [6, 6.07) is 4.33. The third-order valence-corrected chi connectivity index (χ3v) is 3.56. The minimum Gasteiger partial charge on any atom is -0.455 e. The fourth-order valence-corrected chi connectivity index (χ4v) is 2.40. The largest absolute Gasteiger partial charge is 0.455 e. The molecule has 10 nitrogen and oxygen atoms in total. The summed E-state index contributed by atoms with van der Waals surface area (Å²) in [5, 5.41) is 42.7. The van der Waals surface area contributed by atoms with E-state index in [1.54, 1.807) is 0 Å². The monoisotopic (exact) mass is 342 g/mol. The number of hydrogen-bond acceptors (Lipinski definition) is 8. The maximum Gasteiger partial charge on any atom is 0.311 e. The van der Waals surface area contributed by atoms with Crippen LogP contribution in [0.3, 0.4) is 0 Å². The number of carbonyl (C=O) groups excluding carboxylic acids is 1. The lowest BCUT2D eigenvalue weighted by Crippen LogP contribution is -2.65. The Morgan fingerprint density at radius 3 is 2.62 bits per heavy atom. The van der Waals surface area contributed by atoms with Gasteiger partial charge in [0.25, 0.3) is 0 Å². The van der Waals surface area contributed by atoms with Gasteiger partial charge in [-0.25, -0.2) is 0 Å². The van der Waals surface area contributed by atoms with E-state index in [0.717, 1.165) is 0 Å². The van der Waals surface area contributed by atoms with Crippen LogP contribution < -0.4 is 10.1 Å². The fraction of sp³-hybridized carbons (Fsp3) is 0.500. The normalized spacial score (nSPS) is 29.8. The first-order valence-electron chi connectivity index (χ1n) is 7.14. The van der Waals surface area contributed by atoms with Crippen LogP contribution in [0, 0.1) is 10.1 Å². The van der Waals surface area contributed by atoms with Crippen LogP contribution in [-0.2, 0) is 9.53 Å². The summed E-state index contributed by atoms with van der Waals surface area (Å²) >= 11 is 0. The van der Waals surface area contributed by atoms with Gasteiger partial charge in [-0.3, -0.25) is 14.9 Å². The average Bonchev–Trinajstić information content (AvgIpc) is 2.54. The van der Waals surface area contributed by atoms with Crippen molar-refractivity contribution >= 4 is 11.6 Å². The van der Waals surface area contributed by atoms with Gasteiger partial charge in [0.2, 0.25) is 12.2 Å². The molecule has 1 aliphatic heterocycles. The predicted molar refractivity (Wildman–Crippen MR) is 79.1 cm³/mol. The second-order valence-electron chi connectivity index (χ2n) is 5.28. The molecule has 1 saturated heterocycles. The maximum absolute atomic E-state index is 11.3. The van der Waals surface area contributed by atoms with E-state index in [-0.39, 0.29) is 11.4 Å². The molecule has 0 radical (unpaired) electrons. The summed E-state index contributed by atoms with van der Waals surface area (Å²) in [5.74, 6) is -0.656. The van der Waals surface area contributed by atoms with E-state index in [1.807, 2.05) is 0 Å². The molecule has 0 saturated carbocycles. The van der Waals surface area contributed by atoms with Crippen LogP contribution >= 0.6 is 0 Å². The van der Waals surface area contributed by atoms with Crippen molar-refractivity contribution in [3.8, 4) is 5.75 Å². The Morgan fingerprint density at radius 2 is 2.04 bits per heavy atom. The Hall–Kier alpha value is -2.27. The van der Waals surface area contributed by atoms with E-state index in [2.05, 4.69) is 5.32 Å². The van der Waals surface area contributed by atoms with Crippen molar-refractivity contribution in [3.05, 3.63) is 34.4 Å². The van der Waals surface area contributed by atoms with Gasteiger partial charge in [-0.15, -0.1) is 0 Å². The summed E-state index contributed by atoms with van der Waals surface area (Å²) in [6.07, 6.45) is -5.46. The van der Waals surface area contributed by atoms with Crippen molar-refractivity contribution in [2.45, 2.75) is 37.6 Å². The van der Waals surface area contributed by atoms with Gasteiger partial charge in [0.05, 0.1) is 11.5 Å². The molecular weight excluding hydrogens is 324 g/mol. The summed E-state index contributed by atoms with van der Waals surface area (Å²) in [7, 11) is 0. The van der Waals surface area contributed by atoms with Gasteiger partial charge in [-0.05, 0) is 6.07 Å². The van der Waals surface area contributed by atoms with Crippen LogP contribution in [0.5, 0.6) is 5.75 Å². The van der Waals surface area contributed by atoms with Crippen molar-refractivity contribution in [3.63, 3.8) is 0 Å². The van der Waals surface area contributed by atoms with E-state index >= 15 is 0 Å². The van der Waals surface area contributed by atoms with E-state index < -0.39 is 48.1 Å². The van der Waals surface area contributed by atoms with Gasteiger partial charge in [0.1, 0.15) is 24.4 Å². The number of rotatable bonds is 5. The first-order valence-corrected chi connectivity index (χ1v) is 7.14. The van der Waals surface area contributed by atoms with Crippen LogP contribution in [-0.4, -0.2) is 63.4 Å². The lowest BCUT2D eigenvalue weighted by atomic mass is 9.97. The third-order valence-electron chi connectivity index (χ3n) is 3.56. The van der Waals surface area contributed by atoms with E-state index in [0.29, 0.717) is 0 Å². The second kappa shape index (κ2) is 7.53. The number of aliphatic hydroxyl groups excluding tert-OH is 3. The van der Waals surface area contributed by atoms with Crippen LogP contribution in [0.4, 0.5) is 5.69 Å². The highest BCUT2D eigenvalue weighted by Gasteiger charge is 2.46. The zero-order valence-corrected chi connectivity index (χ0v) is 12.7. The molecule has 0 aromatic heterocycles. The summed E-state index contributed by atoms with van der Waals surface area (Å²) < 4.78 is 10.8. The molecule has 1 amide bonds. The van der Waals surface area contributed by atoms with Crippen LogP contribution in [0.1, 0.15) is 6.92 Å². The SMILES string of the molecule is CC(=O)N[C@@H]1[C@H](Oc2ccccc2[N+](=O)[O-])O[C@H](CO)[C@@H](O)[C@H]1O. The Kier molecular flexibility index (Phi) is 5.67. The molecule has 1 aromatic rings. The highest BCUT2D eigenvalue weighted by molar-refractivity contribution is 5.73. The Bertz CT molecular complexity index is 610. The Morgan fingerprint density at radius 1 is 1.38 bits per heavy atom. The number of ether oxygens (including phenoxy) is 2. The lowest BCUT2D eigenvalue weighted by molar-refractivity contribution is -0.386. The number of nitrogens with one attached hydrogen (secondary N) is 1. The molecule has 0 unspecified atom stereocenters. The Labute approximate surface area is 136 Å². The number of para-hydroxylation sites is 2. The number of nitro groups is 1. The average molecular weight is 342 g/mol. The summed E-state index contributed by atoms with van der Waals surface area (Å²) in [4.78, 5) is 21.7.